The Balaban J connectivity index is 1.92. The first-order chi connectivity index (χ1) is 6.84. The summed E-state index contributed by atoms with van der Waals surface area (Å²) in [7, 11) is 0. The first kappa shape index (κ1) is 9.57. The molecule has 0 aromatic heterocycles. The van der Waals surface area contributed by atoms with Gasteiger partial charge in [-0.3, -0.25) is 0 Å². The summed E-state index contributed by atoms with van der Waals surface area (Å²) in [6.45, 7) is 3.85. The molecule has 14 heavy (non-hydrogen) atoms. The standard InChI is InChI=1S/C13H17O/c1-11-7-9-13(10-8-11)14-12-5-3-2-4-6-12/h7-10,12H,1-6H2. The minimum Gasteiger partial charge on any atom is -0.490 e. The molecule has 0 aliphatic heterocycles. The summed E-state index contributed by atoms with van der Waals surface area (Å²) in [6, 6.07) is 8.02. The van der Waals surface area contributed by atoms with Crippen LogP contribution in [0.2, 0.25) is 0 Å². The van der Waals surface area contributed by atoms with Crippen LogP contribution in [0.1, 0.15) is 37.7 Å². The Morgan fingerprint density at radius 1 is 1.00 bits per heavy atom. The summed E-state index contributed by atoms with van der Waals surface area (Å²) in [4.78, 5) is 0. The van der Waals surface area contributed by atoms with Gasteiger partial charge in [0.05, 0.1) is 6.10 Å². The highest BCUT2D eigenvalue weighted by molar-refractivity contribution is 5.28. The predicted octanol–water partition coefficient (Wildman–Crippen LogP) is 3.58. The monoisotopic (exact) mass is 189 g/mol. The topological polar surface area (TPSA) is 9.23 Å². The van der Waals surface area contributed by atoms with Crippen LogP contribution in [0.5, 0.6) is 5.75 Å². The Hall–Kier alpha value is -0.980. The molecule has 0 N–H and O–H groups in total. The lowest BCUT2D eigenvalue weighted by atomic mass is 9.98. The van der Waals surface area contributed by atoms with Gasteiger partial charge >= 0.3 is 0 Å². The molecule has 0 unspecified atom stereocenters. The molecule has 1 aliphatic rings. The first-order valence-corrected chi connectivity index (χ1v) is 5.43. The molecule has 0 spiro atoms. The van der Waals surface area contributed by atoms with Gasteiger partial charge < -0.3 is 4.74 Å². The van der Waals surface area contributed by atoms with Gasteiger partial charge in [-0.15, -0.1) is 0 Å². The van der Waals surface area contributed by atoms with Gasteiger partial charge in [-0.2, -0.15) is 0 Å². The fourth-order valence-corrected chi connectivity index (χ4v) is 1.94. The molecule has 75 valence electrons. The molecule has 0 atom stereocenters. The van der Waals surface area contributed by atoms with Crippen molar-refractivity contribution in [2.75, 3.05) is 0 Å². The highest BCUT2D eigenvalue weighted by Crippen LogP contribution is 2.23. The van der Waals surface area contributed by atoms with Crippen molar-refractivity contribution in [3.63, 3.8) is 0 Å². The van der Waals surface area contributed by atoms with Crippen molar-refractivity contribution in [3.05, 3.63) is 36.8 Å². The van der Waals surface area contributed by atoms with E-state index in [1.54, 1.807) is 0 Å². The van der Waals surface area contributed by atoms with Crippen molar-refractivity contribution >= 4 is 0 Å². The molecule has 1 heteroatoms. The molecular weight excluding hydrogens is 172 g/mol. The van der Waals surface area contributed by atoms with Crippen LogP contribution in [-0.2, 0) is 0 Å². The fraction of sp³-hybridized carbons (Fsp3) is 0.462. The third kappa shape index (κ3) is 2.50. The van der Waals surface area contributed by atoms with Gasteiger partial charge in [-0.25, -0.2) is 0 Å². The molecule has 0 bridgehead atoms. The van der Waals surface area contributed by atoms with E-state index in [0.717, 1.165) is 11.3 Å². The number of benzene rings is 1. The summed E-state index contributed by atoms with van der Waals surface area (Å²) in [5.74, 6) is 0.990. The van der Waals surface area contributed by atoms with E-state index in [4.69, 9.17) is 4.74 Å². The first-order valence-electron chi connectivity index (χ1n) is 5.43. The maximum atomic E-state index is 5.88. The highest BCUT2D eigenvalue weighted by Gasteiger charge is 2.14. The molecule has 0 amide bonds. The quantitative estimate of drug-likeness (QED) is 0.691. The number of hydrogen-bond donors (Lipinski definition) is 0. The van der Waals surface area contributed by atoms with Crippen LogP contribution in [0, 0.1) is 6.92 Å². The summed E-state index contributed by atoms with van der Waals surface area (Å²) >= 11 is 0. The second kappa shape index (κ2) is 4.50. The maximum absolute atomic E-state index is 5.88. The van der Waals surface area contributed by atoms with Crippen molar-refractivity contribution in [3.8, 4) is 5.75 Å². The zero-order chi connectivity index (χ0) is 9.80. The van der Waals surface area contributed by atoms with E-state index in [1.807, 2.05) is 24.3 Å². The number of hydrogen-bond acceptors (Lipinski definition) is 1. The van der Waals surface area contributed by atoms with E-state index in [2.05, 4.69) is 6.92 Å². The summed E-state index contributed by atoms with van der Waals surface area (Å²) in [5.41, 5.74) is 1.04. The predicted molar refractivity (Wildman–Crippen MR) is 58.4 cm³/mol. The van der Waals surface area contributed by atoms with E-state index in [0.29, 0.717) is 6.10 Å². The van der Waals surface area contributed by atoms with Crippen molar-refractivity contribution in [1.29, 1.82) is 0 Å². The zero-order valence-corrected chi connectivity index (χ0v) is 8.54. The Kier molecular flexibility index (Phi) is 3.07. The van der Waals surface area contributed by atoms with Crippen molar-refractivity contribution < 1.29 is 4.74 Å². The summed E-state index contributed by atoms with van der Waals surface area (Å²) < 4.78 is 5.88. The molecule has 0 saturated heterocycles. The van der Waals surface area contributed by atoms with Crippen molar-refractivity contribution in [2.45, 2.75) is 38.2 Å². The van der Waals surface area contributed by atoms with Gasteiger partial charge in [0.2, 0.25) is 0 Å². The Labute approximate surface area is 86.1 Å². The van der Waals surface area contributed by atoms with Crippen LogP contribution in [0.25, 0.3) is 0 Å². The third-order valence-corrected chi connectivity index (χ3v) is 2.78. The van der Waals surface area contributed by atoms with Crippen LogP contribution in [0.3, 0.4) is 0 Å². The van der Waals surface area contributed by atoms with Gasteiger partial charge in [0.25, 0.3) is 0 Å². The number of rotatable bonds is 2. The lowest BCUT2D eigenvalue weighted by molar-refractivity contribution is 0.155. The highest BCUT2D eigenvalue weighted by atomic mass is 16.5. The Bertz CT molecular complexity index is 270. The molecule has 1 aliphatic carbocycles. The third-order valence-electron chi connectivity index (χ3n) is 2.78. The SMILES string of the molecule is [CH2]c1ccc(OC2CCCCC2)cc1. The van der Waals surface area contributed by atoms with E-state index in [9.17, 15) is 0 Å². The molecule has 1 saturated carbocycles. The summed E-state index contributed by atoms with van der Waals surface area (Å²) in [6.07, 6.45) is 6.88. The molecule has 1 aromatic rings. The van der Waals surface area contributed by atoms with E-state index in [1.165, 1.54) is 32.1 Å². The van der Waals surface area contributed by atoms with E-state index < -0.39 is 0 Å². The van der Waals surface area contributed by atoms with Crippen LogP contribution in [0.15, 0.2) is 24.3 Å². The number of ether oxygens (including phenoxy) is 1. The average Bonchev–Trinajstić information content (AvgIpc) is 2.23. The molecule has 0 heterocycles. The minimum absolute atomic E-state index is 0.444. The van der Waals surface area contributed by atoms with Crippen LogP contribution in [-0.4, -0.2) is 6.10 Å². The average molecular weight is 189 g/mol. The molecule has 2 rings (SSSR count). The lowest BCUT2D eigenvalue weighted by Crippen LogP contribution is -2.19. The van der Waals surface area contributed by atoms with E-state index >= 15 is 0 Å². The van der Waals surface area contributed by atoms with Crippen LogP contribution in [0.4, 0.5) is 0 Å². The largest absolute Gasteiger partial charge is 0.490 e. The van der Waals surface area contributed by atoms with Crippen LogP contribution >= 0.6 is 0 Å². The fourth-order valence-electron chi connectivity index (χ4n) is 1.94. The lowest BCUT2D eigenvalue weighted by Gasteiger charge is -2.22. The molecule has 1 radical (unpaired) electrons. The normalized spacial score (nSPS) is 18.1. The molecule has 1 aromatic carbocycles. The van der Waals surface area contributed by atoms with E-state index in [-0.39, 0.29) is 0 Å². The van der Waals surface area contributed by atoms with Gasteiger partial charge in [0.1, 0.15) is 5.75 Å². The van der Waals surface area contributed by atoms with Crippen molar-refractivity contribution in [1.82, 2.24) is 0 Å². The maximum Gasteiger partial charge on any atom is 0.119 e. The second-order valence-electron chi connectivity index (χ2n) is 4.02. The van der Waals surface area contributed by atoms with Gasteiger partial charge in [-0.05, 0) is 50.3 Å². The Morgan fingerprint density at radius 3 is 2.29 bits per heavy atom. The molecule has 1 fully saturated rings. The zero-order valence-electron chi connectivity index (χ0n) is 8.54. The Morgan fingerprint density at radius 2 is 1.64 bits per heavy atom. The van der Waals surface area contributed by atoms with Crippen LogP contribution < -0.4 is 4.74 Å². The van der Waals surface area contributed by atoms with Gasteiger partial charge in [0, 0.05) is 0 Å². The molecule has 1 nitrogen and oxygen atoms in total. The van der Waals surface area contributed by atoms with Gasteiger partial charge in [0.15, 0.2) is 0 Å². The smallest absolute Gasteiger partial charge is 0.119 e. The minimum atomic E-state index is 0.444. The van der Waals surface area contributed by atoms with Crippen molar-refractivity contribution in [2.24, 2.45) is 0 Å². The molecular formula is C13H17O. The summed E-state index contributed by atoms with van der Waals surface area (Å²) in [5, 5.41) is 0. The second-order valence-corrected chi connectivity index (χ2v) is 4.02. The van der Waals surface area contributed by atoms with Gasteiger partial charge in [-0.1, -0.05) is 18.6 Å².